The van der Waals surface area contributed by atoms with Crippen LogP contribution in [0, 0.1) is 0 Å². The minimum Gasteiger partial charge on any atom is -0.394 e. The fourth-order valence-electron chi connectivity index (χ4n) is 2.27. The molecule has 0 aliphatic carbocycles. The summed E-state index contributed by atoms with van der Waals surface area (Å²) in [6, 6.07) is 0. The van der Waals surface area contributed by atoms with Crippen LogP contribution in [0.5, 0.6) is 0 Å². The number of aliphatic hydroxyl groups is 3. The van der Waals surface area contributed by atoms with E-state index in [2.05, 4.69) is 15.1 Å². The van der Waals surface area contributed by atoms with Crippen molar-refractivity contribution in [3.63, 3.8) is 0 Å². The van der Waals surface area contributed by atoms with E-state index >= 15 is 0 Å². The van der Waals surface area contributed by atoms with Gasteiger partial charge in [-0.1, -0.05) is 0 Å². The zero-order chi connectivity index (χ0) is 14.3. The maximum Gasteiger partial charge on any atom is 0.181 e. The number of hydrogen-bond acceptors (Lipinski definition) is 8. The van der Waals surface area contributed by atoms with E-state index in [1.807, 2.05) is 6.26 Å². The van der Waals surface area contributed by atoms with E-state index in [-0.39, 0.29) is 6.61 Å². The minimum absolute atomic E-state index is 0.376. The second kappa shape index (κ2) is 5.26. The molecule has 1 saturated heterocycles. The number of rotatable bonds is 3. The number of aromatic nitrogens is 4. The van der Waals surface area contributed by atoms with Gasteiger partial charge >= 0.3 is 0 Å². The standard InChI is InChI=1S/C11H14N4O4S/c1-20-10-5-2-14-15(9(5)12-4-13-10)11-8(18)7(17)6(3-16)19-11/h2,4,6-8,11,16-18H,3H2,1H3/t6-,7-,8-,11-/m1/s1. The zero-order valence-corrected chi connectivity index (χ0v) is 11.4. The van der Waals surface area contributed by atoms with Crippen LogP contribution in [0.2, 0.25) is 0 Å². The van der Waals surface area contributed by atoms with Gasteiger partial charge in [0.05, 0.1) is 18.2 Å². The monoisotopic (exact) mass is 298 g/mol. The van der Waals surface area contributed by atoms with Crippen LogP contribution in [0.15, 0.2) is 17.6 Å². The van der Waals surface area contributed by atoms with Crippen molar-refractivity contribution in [3.8, 4) is 0 Å². The fourth-order valence-corrected chi connectivity index (χ4v) is 2.79. The van der Waals surface area contributed by atoms with Gasteiger partial charge in [-0.2, -0.15) is 5.10 Å². The highest BCUT2D eigenvalue weighted by Gasteiger charge is 2.44. The van der Waals surface area contributed by atoms with Crippen LogP contribution in [0.4, 0.5) is 0 Å². The van der Waals surface area contributed by atoms with Gasteiger partial charge in [0, 0.05) is 0 Å². The van der Waals surface area contributed by atoms with Crippen LogP contribution in [0.25, 0.3) is 11.0 Å². The highest BCUT2D eigenvalue weighted by molar-refractivity contribution is 7.98. The Hall–Kier alpha value is -1.26. The number of ether oxygens (including phenoxy) is 1. The van der Waals surface area contributed by atoms with Gasteiger partial charge in [0.25, 0.3) is 0 Å². The molecule has 3 heterocycles. The van der Waals surface area contributed by atoms with Gasteiger partial charge < -0.3 is 20.1 Å². The highest BCUT2D eigenvalue weighted by atomic mass is 32.2. The van der Waals surface area contributed by atoms with Crippen LogP contribution < -0.4 is 0 Å². The number of nitrogens with zero attached hydrogens (tertiary/aromatic N) is 4. The molecule has 1 aliphatic rings. The Bertz CT molecular complexity index is 621. The van der Waals surface area contributed by atoms with E-state index < -0.39 is 24.5 Å². The van der Waals surface area contributed by atoms with Crippen molar-refractivity contribution in [1.82, 2.24) is 19.7 Å². The Morgan fingerprint density at radius 2 is 2.15 bits per heavy atom. The molecule has 2 aromatic rings. The molecule has 4 atom stereocenters. The van der Waals surface area contributed by atoms with E-state index in [1.165, 1.54) is 22.8 Å². The third-order valence-electron chi connectivity index (χ3n) is 3.31. The lowest BCUT2D eigenvalue weighted by Crippen LogP contribution is -2.33. The first-order valence-electron chi connectivity index (χ1n) is 6.02. The van der Waals surface area contributed by atoms with Gasteiger partial charge in [0.2, 0.25) is 0 Å². The predicted molar refractivity (Wildman–Crippen MR) is 70.1 cm³/mol. The lowest BCUT2D eigenvalue weighted by molar-refractivity contribution is -0.0566. The smallest absolute Gasteiger partial charge is 0.181 e. The molecule has 20 heavy (non-hydrogen) atoms. The molecule has 3 N–H and O–H groups in total. The van der Waals surface area contributed by atoms with Crippen LogP contribution >= 0.6 is 11.8 Å². The predicted octanol–water partition coefficient (Wildman–Crippen LogP) is -0.840. The molecule has 0 amide bonds. The summed E-state index contributed by atoms with van der Waals surface area (Å²) in [5.74, 6) is 0. The Morgan fingerprint density at radius 3 is 2.80 bits per heavy atom. The Kier molecular flexibility index (Phi) is 3.61. The van der Waals surface area contributed by atoms with Crippen LogP contribution in [-0.4, -0.2) is 66.2 Å². The Morgan fingerprint density at radius 1 is 1.35 bits per heavy atom. The highest BCUT2D eigenvalue weighted by Crippen LogP contribution is 2.32. The SMILES string of the molecule is CSc1ncnc2c1cnn2[C@@H]1O[C@H](CO)[C@@H](O)[C@H]1O. The first-order chi connectivity index (χ1) is 9.67. The summed E-state index contributed by atoms with van der Waals surface area (Å²) in [6.07, 6.45) is 0.837. The molecule has 0 bridgehead atoms. The molecule has 3 rings (SSSR count). The van der Waals surface area contributed by atoms with Crippen molar-refractivity contribution in [2.24, 2.45) is 0 Å². The van der Waals surface area contributed by atoms with Gasteiger partial charge in [-0.3, -0.25) is 0 Å². The third kappa shape index (κ3) is 1.98. The van der Waals surface area contributed by atoms with Crippen molar-refractivity contribution < 1.29 is 20.1 Å². The second-order valence-corrected chi connectivity index (χ2v) is 5.23. The summed E-state index contributed by atoms with van der Waals surface area (Å²) in [6.45, 7) is -0.376. The van der Waals surface area contributed by atoms with E-state index in [9.17, 15) is 10.2 Å². The third-order valence-corrected chi connectivity index (χ3v) is 4.02. The van der Waals surface area contributed by atoms with Gasteiger partial charge in [0.1, 0.15) is 29.7 Å². The molecule has 9 heteroatoms. The number of hydrogen-bond donors (Lipinski definition) is 3. The summed E-state index contributed by atoms with van der Waals surface area (Å²) < 4.78 is 6.85. The molecule has 1 aliphatic heterocycles. The summed E-state index contributed by atoms with van der Waals surface area (Å²) in [7, 11) is 0. The van der Waals surface area contributed by atoms with Crippen molar-refractivity contribution in [2.75, 3.05) is 12.9 Å². The molecule has 2 aromatic heterocycles. The largest absolute Gasteiger partial charge is 0.394 e. The Labute approximate surface area is 118 Å². The molecule has 8 nitrogen and oxygen atoms in total. The lowest BCUT2D eigenvalue weighted by atomic mass is 10.1. The molecule has 108 valence electrons. The van der Waals surface area contributed by atoms with E-state index in [1.54, 1.807) is 6.20 Å². The van der Waals surface area contributed by atoms with Gasteiger partial charge in [-0.05, 0) is 6.26 Å². The molecule has 0 unspecified atom stereocenters. The molecular weight excluding hydrogens is 284 g/mol. The average molecular weight is 298 g/mol. The van der Waals surface area contributed by atoms with Crippen molar-refractivity contribution in [2.45, 2.75) is 29.6 Å². The quantitative estimate of drug-likeness (QED) is 0.496. The number of thioether (sulfide) groups is 1. The van der Waals surface area contributed by atoms with Crippen LogP contribution in [0.1, 0.15) is 6.23 Å². The summed E-state index contributed by atoms with van der Waals surface area (Å²) in [4.78, 5) is 8.28. The fraction of sp³-hybridized carbons (Fsp3) is 0.545. The lowest BCUT2D eigenvalue weighted by Gasteiger charge is -2.15. The van der Waals surface area contributed by atoms with Crippen LogP contribution in [-0.2, 0) is 4.74 Å². The summed E-state index contributed by atoms with van der Waals surface area (Å²) in [5, 5.41) is 34.6. The molecule has 0 radical (unpaired) electrons. The van der Waals surface area contributed by atoms with E-state index in [0.29, 0.717) is 5.65 Å². The van der Waals surface area contributed by atoms with Gasteiger partial charge in [-0.15, -0.1) is 11.8 Å². The zero-order valence-electron chi connectivity index (χ0n) is 10.6. The molecular formula is C11H14N4O4S. The van der Waals surface area contributed by atoms with E-state index in [4.69, 9.17) is 9.84 Å². The first-order valence-corrected chi connectivity index (χ1v) is 7.24. The second-order valence-electron chi connectivity index (χ2n) is 4.44. The van der Waals surface area contributed by atoms with E-state index in [0.717, 1.165) is 10.4 Å². The van der Waals surface area contributed by atoms with Crippen molar-refractivity contribution in [3.05, 3.63) is 12.5 Å². The average Bonchev–Trinajstić information content (AvgIpc) is 3.01. The molecule has 0 spiro atoms. The van der Waals surface area contributed by atoms with Crippen LogP contribution in [0.3, 0.4) is 0 Å². The summed E-state index contributed by atoms with van der Waals surface area (Å²) in [5.41, 5.74) is 0.513. The molecule has 0 aromatic carbocycles. The molecule has 0 saturated carbocycles. The maximum atomic E-state index is 10.0. The van der Waals surface area contributed by atoms with Crippen molar-refractivity contribution >= 4 is 22.8 Å². The maximum absolute atomic E-state index is 10.0. The minimum atomic E-state index is -1.18. The molecule has 1 fully saturated rings. The van der Waals surface area contributed by atoms with Gasteiger partial charge in [0.15, 0.2) is 11.9 Å². The topological polar surface area (TPSA) is 114 Å². The summed E-state index contributed by atoms with van der Waals surface area (Å²) >= 11 is 1.46. The first kappa shape index (κ1) is 13.7. The number of aliphatic hydroxyl groups excluding tert-OH is 3. The number of fused-ring (bicyclic) bond motifs is 1. The van der Waals surface area contributed by atoms with Crippen molar-refractivity contribution in [1.29, 1.82) is 0 Å². The Balaban J connectivity index is 2.03. The normalized spacial score (nSPS) is 30.2. The van der Waals surface area contributed by atoms with Gasteiger partial charge in [-0.25, -0.2) is 14.6 Å².